The molecule has 1 unspecified atom stereocenters. The van der Waals surface area contributed by atoms with Gasteiger partial charge in [-0.15, -0.1) is 0 Å². The van der Waals surface area contributed by atoms with E-state index in [1.807, 2.05) is 19.0 Å². The molecule has 0 saturated carbocycles. The fourth-order valence-corrected chi connectivity index (χ4v) is 3.04. The summed E-state index contributed by atoms with van der Waals surface area (Å²) in [6, 6.07) is 0. The van der Waals surface area contributed by atoms with Gasteiger partial charge in [-0.3, -0.25) is 9.57 Å². The van der Waals surface area contributed by atoms with E-state index in [2.05, 4.69) is 0 Å². The van der Waals surface area contributed by atoms with Crippen molar-refractivity contribution in [2.45, 2.75) is 26.1 Å². The van der Waals surface area contributed by atoms with Gasteiger partial charge in [0, 0.05) is 26.8 Å². The van der Waals surface area contributed by atoms with Gasteiger partial charge in [0.05, 0.1) is 0 Å². The minimum Gasteiger partial charge on any atom is -0.323 e. The molecule has 0 amide bonds. The Morgan fingerprint density at radius 2 is 1.62 bits per heavy atom. The highest BCUT2D eigenvalue weighted by atomic mass is 31.2. The highest BCUT2D eigenvalue weighted by Gasteiger charge is 2.52. The Labute approximate surface area is 96.2 Å². The third-order valence-electron chi connectivity index (χ3n) is 3.80. The number of hydrogen-bond acceptors (Lipinski definition) is 4. The SMILES string of the molecule is CC1=C(C)C(C)(P(=O)(O)O)N(C)N(C)N1C. The van der Waals surface area contributed by atoms with E-state index in [0.717, 1.165) is 5.70 Å². The minimum absolute atomic E-state index is 0.684. The fourth-order valence-electron chi connectivity index (χ4n) is 1.94. The zero-order chi connectivity index (χ0) is 12.9. The molecule has 0 radical (unpaired) electrons. The fraction of sp³-hybridized carbons (Fsp3) is 0.778. The molecule has 94 valence electrons. The van der Waals surface area contributed by atoms with Crippen LogP contribution in [-0.4, -0.2) is 51.3 Å². The Balaban J connectivity index is 3.45. The van der Waals surface area contributed by atoms with Crippen molar-refractivity contribution in [2.75, 3.05) is 21.1 Å². The van der Waals surface area contributed by atoms with Crippen LogP contribution in [0.4, 0.5) is 0 Å². The molecule has 1 aliphatic heterocycles. The lowest BCUT2D eigenvalue weighted by Crippen LogP contribution is -2.61. The van der Waals surface area contributed by atoms with Crippen molar-refractivity contribution in [2.24, 2.45) is 0 Å². The first kappa shape index (κ1) is 13.7. The largest absolute Gasteiger partial charge is 0.350 e. The second-order valence-electron chi connectivity index (χ2n) is 4.31. The van der Waals surface area contributed by atoms with Gasteiger partial charge in [-0.25, -0.2) is 5.01 Å². The van der Waals surface area contributed by atoms with Crippen LogP contribution >= 0.6 is 7.60 Å². The maximum Gasteiger partial charge on any atom is 0.350 e. The summed E-state index contributed by atoms with van der Waals surface area (Å²) in [6.07, 6.45) is 0. The van der Waals surface area contributed by atoms with Crippen LogP contribution in [0.3, 0.4) is 0 Å². The number of rotatable bonds is 1. The first-order chi connectivity index (χ1) is 7.05. The van der Waals surface area contributed by atoms with Gasteiger partial charge >= 0.3 is 7.60 Å². The zero-order valence-corrected chi connectivity index (χ0v) is 11.5. The lowest BCUT2D eigenvalue weighted by molar-refractivity contribution is -0.162. The average Bonchev–Trinajstić information content (AvgIpc) is 2.19. The maximum absolute atomic E-state index is 11.7. The van der Waals surface area contributed by atoms with Crippen molar-refractivity contribution < 1.29 is 14.4 Å². The van der Waals surface area contributed by atoms with E-state index in [9.17, 15) is 14.4 Å². The Bertz CT molecular complexity index is 378. The monoisotopic (exact) mass is 249 g/mol. The van der Waals surface area contributed by atoms with Gasteiger partial charge in [-0.1, -0.05) is 0 Å². The first-order valence-electron chi connectivity index (χ1n) is 5.00. The molecule has 0 aromatic carbocycles. The standard InChI is InChI=1S/C9H20N3O3P/c1-7-8(2)10(4)12(6)11(5)9(7,3)16(13,14)15/h1-6H3,(H2,13,14,15). The van der Waals surface area contributed by atoms with Crippen LogP contribution in [-0.2, 0) is 4.57 Å². The predicted molar refractivity (Wildman–Crippen MR) is 62.1 cm³/mol. The third-order valence-corrected chi connectivity index (χ3v) is 5.56. The van der Waals surface area contributed by atoms with E-state index in [0.29, 0.717) is 5.57 Å². The number of hydrogen-bond donors (Lipinski definition) is 2. The summed E-state index contributed by atoms with van der Waals surface area (Å²) in [6.45, 7) is 5.18. The summed E-state index contributed by atoms with van der Waals surface area (Å²) in [5.74, 6) is 0. The van der Waals surface area contributed by atoms with E-state index in [-0.39, 0.29) is 0 Å². The van der Waals surface area contributed by atoms with Gasteiger partial charge in [0.15, 0.2) is 5.28 Å². The van der Waals surface area contributed by atoms with Crippen LogP contribution in [0, 0.1) is 0 Å². The van der Waals surface area contributed by atoms with E-state index in [1.165, 1.54) is 0 Å². The molecule has 7 heteroatoms. The molecule has 0 saturated heterocycles. The Morgan fingerprint density at radius 3 is 2.00 bits per heavy atom. The normalized spacial score (nSPS) is 30.1. The lowest BCUT2D eigenvalue weighted by atomic mass is 10.1. The summed E-state index contributed by atoms with van der Waals surface area (Å²) in [5.41, 5.74) is 1.54. The van der Waals surface area contributed by atoms with Crippen molar-refractivity contribution in [3.8, 4) is 0 Å². The topological polar surface area (TPSA) is 67.2 Å². The van der Waals surface area contributed by atoms with Crippen molar-refractivity contribution in [3.63, 3.8) is 0 Å². The summed E-state index contributed by atoms with van der Waals surface area (Å²) >= 11 is 0. The van der Waals surface area contributed by atoms with E-state index in [4.69, 9.17) is 0 Å². The molecule has 1 atom stereocenters. The Kier molecular flexibility index (Phi) is 3.27. The summed E-state index contributed by atoms with van der Waals surface area (Å²) in [7, 11) is 1.03. The van der Waals surface area contributed by atoms with E-state index >= 15 is 0 Å². The molecule has 0 fully saturated rings. The average molecular weight is 249 g/mol. The summed E-state index contributed by atoms with van der Waals surface area (Å²) < 4.78 is 11.7. The quantitative estimate of drug-likeness (QED) is 0.670. The number of likely N-dealkylation sites (N-methyl/N-ethyl adjacent to an activating group) is 1. The van der Waals surface area contributed by atoms with Crippen molar-refractivity contribution >= 4 is 7.60 Å². The highest BCUT2D eigenvalue weighted by Crippen LogP contribution is 2.58. The minimum atomic E-state index is -4.27. The molecular formula is C9H20N3O3P. The summed E-state index contributed by atoms with van der Waals surface area (Å²) in [5, 5.41) is 3.84. The molecule has 1 aliphatic rings. The van der Waals surface area contributed by atoms with Gasteiger partial charge in [0.2, 0.25) is 0 Å². The third kappa shape index (κ3) is 1.61. The Morgan fingerprint density at radius 1 is 1.19 bits per heavy atom. The first-order valence-corrected chi connectivity index (χ1v) is 6.61. The molecule has 1 heterocycles. The van der Waals surface area contributed by atoms with Crippen LogP contribution < -0.4 is 0 Å². The molecule has 0 aromatic rings. The molecular weight excluding hydrogens is 229 g/mol. The number of hydrazine groups is 2. The Hall–Kier alpha value is -0.390. The molecule has 0 aromatic heterocycles. The molecule has 0 bridgehead atoms. The zero-order valence-electron chi connectivity index (χ0n) is 10.6. The number of nitrogens with zero attached hydrogens (tertiary/aromatic N) is 3. The van der Waals surface area contributed by atoms with Gasteiger partial charge in [-0.2, -0.15) is 5.12 Å². The highest BCUT2D eigenvalue weighted by molar-refractivity contribution is 7.53. The van der Waals surface area contributed by atoms with Gasteiger partial charge in [0.1, 0.15) is 0 Å². The second kappa shape index (κ2) is 3.82. The van der Waals surface area contributed by atoms with Gasteiger partial charge in [0.25, 0.3) is 0 Å². The van der Waals surface area contributed by atoms with E-state index in [1.54, 1.807) is 38.1 Å². The van der Waals surface area contributed by atoms with Crippen LogP contribution in [0.1, 0.15) is 20.8 Å². The molecule has 0 aliphatic carbocycles. The van der Waals surface area contributed by atoms with Gasteiger partial charge in [-0.05, 0) is 26.3 Å². The lowest BCUT2D eigenvalue weighted by Gasteiger charge is -2.52. The van der Waals surface area contributed by atoms with Crippen LogP contribution in [0.25, 0.3) is 0 Å². The predicted octanol–water partition coefficient (Wildman–Crippen LogP) is 0.813. The number of allylic oxidation sites excluding steroid dienone is 1. The molecule has 6 nitrogen and oxygen atoms in total. The van der Waals surface area contributed by atoms with Crippen molar-refractivity contribution in [1.82, 2.24) is 15.1 Å². The van der Waals surface area contributed by atoms with Crippen molar-refractivity contribution in [1.29, 1.82) is 0 Å². The molecule has 2 N–H and O–H groups in total. The molecule has 1 rings (SSSR count). The van der Waals surface area contributed by atoms with Crippen LogP contribution in [0.5, 0.6) is 0 Å². The van der Waals surface area contributed by atoms with Gasteiger partial charge < -0.3 is 9.79 Å². The van der Waals surface area contributed by atoms with Crippen LogP contribution in [0.15, 0.2) is 11.3 Å². The smallest absolute Gasteiger partial charge is 0.323 e. The maximum atomic E-state index is 11.7. The molecule has 0 spiro atoms. The molecule has 16 heavy (non-hydrogen) atoms. The van der Waals surface area contributed by atoms with Crippen molar-refractivity contribution in [3.05, 3.63) is 11.3 Å². The van der Waals surface area contributed by atoms with Crippen LogP contribution in [0.2, 0.25) is 0 Å². The second-order valence-corrected chi connectivity index (χ2v) is 6.27. The van der Waals surface area contributed by atoms with E-state index < -0.39 is 12.9 Å². The summed E-state index contributed by atoms with van der Waals surface area (Å²) in [4.78, 5) is 19.1.